The molecule has 0 aromatic carbocycles. The molecule has 1 aromatic heterocycles. The van der Waals surface area contributed by atoms with Crippen LogP contribution in [0.4, 0.5) is 0 Å². The second-order valence-corrected chi connectivity index (χ2v) is 4.53. The van der Waals surface area contributed by atoms with Crippen LogP contribution in [0.15, 0.2) is 22.8 Å². The van der Waals surface area contributed by atoms with E-state index in [-0.39, 0.29) is 0 Å². The molecule has 0 bridgehead atoms. The predicted molar refractivity (Wildman–Crippen MR) is 69.4 cm³/mol. The summed E-state index contributed by atoms with van der Waals surface area (Å²) in [4.78, 5) is 4.28. The normalized spacial score (nSPS) is 10.6. The maximum absolute atomic E-state index is 5.44. The van der Waals surface area contributed by atoms with Gasteiger partial charge in [-0.15, -0.1) is 0 Å². The highest BCUT2D eigenvalue weighted by Crippen LogP contribution is 2.06. The lowest BCUT2D eigenvalue weighted by molar-refractivity contribution is 0.133. The number of aromatic nitrogens is 1. The van der Waals surface area contributed by atoms with E-state index < -0.39 is 0 Å². The quantitative estimate of drug-likeness (QED) is 0.747. The number of pyridine rings is 1. The van der Waals surface area contributed by atoms with Crippen LogP contribution >= 0.6 is 15.9 Å². The third kappa shape index (κ3) is 6.20. The smallest absolute Gasteiger partial charge is 0.0591 e. The Morgan fingerprint density at radius 1 is 1.38 bits per heavy atom. The number of halogens is 1. The zero-order chi connectivity index (χ0) is 11.6. The molecular formula is C12H19BrN2O. The molecule has 3 nitrogen and oxygen atoms in total. The van der Waals surface area contributed by atoms with Crippen LogP contribution in [0.3, 0.4) is 0 Å². The van der Waals surface area contributed by atoms with Crippen molar-refractivity contribution in [3.63, 3.8) is 0 Å². The van der Waals surface area contributed by atoms with Gasteiger partial charge in [0.05, 0.1) is 12.3 Å². The number of unbranched alkanes of at least 4 members (excludes halogenated alkanes) is 1. The van der Waals surface area contributed by atoms with E-state index in [1.807, 2.05) is 18.3 Å². The van der Waals surface area contributed by atoms with Crippen molar-refractivity contribution in [1.29, 1.82) is 0 Å². The van der Waals surface area contributed by atoms with Crippen molar-refractivity contribution >= 4 is 15.9 Å². The molecule has 16 heavy (non-hydrogen) atoms. The molecule has 1 rings (SSSR count). The average Bonchev–Trinajstić information content (AvgIpc) is 2.30. The minimum atomic E-state index is 0.774. The molecule has 1 N–H and O–H groups in total. The minimum absolute atomic E-state index is 0.774. The summed E-state index contributed by atoms with van der Waals surface area (Å²) < 4.78 is 6.45. The Hall–Kier alpha value is -0.450. The van der Waals surface area contributed by atoms with Gasteiger partial charge >= 0.3 is 0 Å². The summed E-state index contributed by atoms with van der Waals surface area (Å²) in [6.45, 7) is 5.48. The topological polar surface area (TPSA) is 34.1 Å². The summed E-state index contributed by atoms with van der Waals surface area (Å²) in [5.74, 6) is 0. The summed E-state index contributed by atoms with van der Waals surface area (Å²) >= 11 is 3.36. The van der Waals surface area contributed by atoms with Crippen LogP contribution in [0, 0.1) is 0 Å². The Morgan fingerprint density at radius 3 is 2.94 bits per heavy atom. The number of nitrogens with zero attached hydrogens (tertiary/aromatic N) is 1. The van der Waals surface area contributed by atoms with E-state index in [0.717, 1.165) is 42.9 Å². The molecule has 0 amide bonds. The van der Waals surface area contributed by atoms with Gasteiger partial charge < -0.3 is 10.1 Å². The Kier molecular flexibility index (Phi) is 7.38. The van der Waals surface area contributed by atoms with Crippen LogP contribution in [-0.4, -0.2) is 24.7 Å². The minimum Gasteiger partial charge on any atom is -0.380 e. The number of hydrogen-bond donors (Lipinski definition) is 1. The highest BCUT2D eigenvalue weighted by atomic mass is 79.9. The third-order valence-electron chi connectivity index (χ3n) is 2.16. The van der Waals surface area contributed by atoms with Crippen molar-refractivity contribution < 1.29 is 4.74 Å². The van der Waals surface area contributed by atoms with E-state index in [4.69, 9.17) is 4.74 Å². The van der Waals surface area contributed by atoms with Gasteiger partial charge in [0.15, 0.2) is 0 Å². The van der Waals surface area contributed by atoms with Crippen molar-refractivity contribution in [3.05, 3.63) is 28.5 Å². The van der Waals surface area contributed by atoms with Gasteiger partial charge in [-0.2, -0.15) is 0 Å². The van der Waals surface area contributed by atoms with Gasteiger partial charge in [0, 0.05) is 30.4 Å². The molecule has 0 saturated heterocycles. The van der Waals surface area contributed by atoms with Crippen molar-refractivity contribution in [3.8, 4) is 0 Å². The van der Waals surface area contributed by atoms with Gasteiger partial charge in [-0.25, -0.2) is 0 Å². The SMILES string of the molecule is CCCCOCCNCc1ccc(Br)cn1. The largest absolute Gasteiger partial charge is 0.380 e. The second kappa shape index (κ2) is 8.67. The lowest BCUT2D eigenvalue weighted by Gasteiger charge is -2.05. The highest BCUT2D eigenvalue weighted by Gasteiger charge is 1.94. The second-order valence-electron chi connectivity index (χ2n) is 3.61. The van der Waals surface area contributed by atoms with Crippen molar-refractivity contribution in [2.75, 3.05) is 19.8 Å². The Bertz CT molecular complexity index is 277. The van der Waals surface area contributed by atoms with Crippen molar-refractivity contribution in [2.24, 2.45) is 0 Å². The Morgan fingerprint density at radius 2 is 2.25 bits per heavy atom. The number of rotatable bonds is 8. The zero-order valence-electron chi connectivity index (χ0n) is 9.71. The van der Waals surface area contributed by atoms with E-state index in [0.29, 0.717) is 0 Å². The summed E-state index contributed by atoms with van der Waals surface area (Å²) in [7, 11) is 0. The first-order valence-electron chi connectivity index (χ1n) is 5.72. The molecule has 0 fully saturated rings. The van der Waals surface area contributed by atoms with Crippen LogP contribution in [-0.2, 0) is 11.3 Å². The number of hydrogen-bond acceptors (Lipinski definition) is 3. The maximum atomic E-state index is 5.44. The molecule has 0 radical (unpaired) electrons. The molecule has 4 heteroatoms. The monoisotopic (exact) mass is 286 g/mol. The van der Waals surface area contributed by atoms with Crippen LogP contribution in [0.1, 0.15) is 25.5 Å². The van der Waals surface area contributed by atoms with Crippen LogP contribution in [0.25, 0.3) is 0 Å². The molecular weight excluding hydrogens is 268 g/mol. The lowest BCUT2D eigenvalue weighted by atomic mass is 10.3. The summed E-state index contributed by atoms with van der Waals surface area (Å²) in [6.07, 6.45) is 4.15. The summed E-state index contributed by atoms with van der Waals surface area (Å²) in [6, 6.07) is 4.01. The van der Waals surface area contributed by atoms with E-state index >= 15 is 0 Å². The molecule has 0 aliphatic rings. The van der Waals surface area contributed by atoms with Gasteiger partial charge in [-0.3, -0.25) is 4.98 Å². The lowest BCUT2D eigenvalue weighted by Crippen LogP contribution is -2.20. The highest BCUT2D eigenvalue weighted by molar-refractivity contribution is 9.10. The number of nitrogens with one attached hydrogen (secondary N) is 1. The Labute approximate surface area is 106 Å². The fourth-order valence-electron chi connectivity index (χ4n) is 1.22. The van der Waals surface area contributed by atoms with Crippen molar-refractivity contribution in [2.45, 2.75) is 26.3 Å². The standard InChI is InChI=1S/C12H19BrN2O/c1-2-3-7-16-8-6-14-10-12-5-4-11(13)9-15-12/h4-5,9,14H,2-3,6-8,10H2,1H3. The van der Waals surface area contributed by atoms with Gasteiger partial charge in [-0.1, -0.05) is 13.3 Å². The molecule has 1 aromatic rings. The molecule has 0 spiro atoms. The summed E-state index contributed by atoms with van der Waals surface area (Å²) in [5.41, 5.74) is 1.05. The predicted octanol–water partition coefficient (Wildman–Crippen LogP) is 2.75. The molecule has 1 heterocycles. The van der Waals surface area contributed by atoms with E-state index in [1.54, 1.807) is 0 Å². The van der Waals surface area contributed by atoms with Gasteiger partial charge in [0.25, 0.3) is 0 Å². The molecule has 0 unspecified atom stereocenters. The first-order chi connectivity index (χ1) is 7.83. The fraction of sp³-hybridized carbons (Fsp3) is 0.583. The average molecular weight is 287 g/mol. The number of ether oxygens (including phenoxy) is 1. The third-order valence-corrected chi connectivity index (χ3v) is 2.63. The van der Waals surface area contributed by atoms with E-state index in [1.165, 1.54) is 6.42 Å². The zero-order valence-corrected chi connectivity index (χ0v) is 11.3. The Balaban J connectivity index is 2.01. The molecule has 0 aliphatic carbocycles. The molecule has 0 aliphatic heterocycles. The van der Waals surface area contributed by atoms with Gasteiger partial charge in [0.2, 0.25) is 0 Å². The van der Waals surface area contributed by atoms with Crippen LogP contribution < -0.4 is 5.32 Å². The van der Waals surface area contributed by atoms with Crippen molar-refractivity contribution in [1.82, 2.24) is 10.3 Å². The van der Waals surface area contributed by atoms with Crippen LogP contribution in [0.5, 0.6) is 0 Å². The molecule has 0 atom stereocenters. The first-order valence-corrected chi connectivity index (χ1v) is 6.51. The summed E-state index contributed by atoms with van der Waals surface area (Å²) in [5, 5.41) is 3.30. The first kappa shape index (κ1) is 13.6. The van der Waals surface area contributed by atoms with E-state index in [9.17, 15) is 0 Å². The maximum Gasteiger partial charge on any atom is 0.0591 e. The molecule has 90 valence electrons. The van der Waals surface area contributed by atoms with Crippen LogP contribution in [0.2, 0.25) is 0 Å². The fourth-order valence-corrected chi connectivity index (χ4v) is 1.45. The molecule has 0 saturated carbocycles. The van der Waals surface area contributed by atoms with Gasteiger partial charge in [-0.05, 0) is 34.5 Å². The van der Waals surface area contributed by atoms with E-state index in [2.05, 4.69) is 33.2 Å². The van der Waals surface area contributed by atoms with Gasteiger partial charge in [0.1, 0.15) is 0 Å².